The molecule has 0 saturated carbocycles. The number of hydrogen-bond donors (Lipinski definition) is 3. The van der Waals surface area contributed by atoms with Crippen molar-refractivity contribution >= 4 is 5.84 Å². The molecule has 1 heterocycles. The predicted octanol–water partition coefficient (Wildman–Crippen LogP) is -0.699. The number of nitrogens with two attached hydrogens (primary N) is 1. The number of hydrogen-bond acceptors (Lipinski definition) is 3. The van der Waals surface area contributed by atoms with Crippen molar-refractivity contribution in [2.24, 2.45) is 5.73 Å². The first kappa shape index (κ1) is 7.50. The Morgan fingerprint density at radius 2 is 2.50 bits per heavy atom. The van der Waals surface area contributed by atoms with E-state index in [1.165, 1.54) is 0 Å². The van der Waals surface area contributed by atoms with Crippen LogP contribution >= 0.6 is 0 Å². The van der Waals surface area contributed by atoms with Gasteiger partial charge >= 0.3 is 0 Å². The normalized spacial score (nSPS) is 33.7. The van der Waals surface area contributed by atoms with Crippen molar-refractivity contribution in [3.8, 4) is 0 Å². The summed E-state index contributed by atoms with van der Waals surface area (Å²) in [5.41, 5.74) is 4.75. The minimum atomic E-state index is -0.571. The summed E-state index contributed by atoms with van der Waals surface area (Å²) < 4.78 is 5.31. The Morgan fingerprint density at radius 3 is 2.80 bits per heavy atom. The maximum Gasteiger partial charge on any atom is 0.134 e. The lowest BCUT2D eigenvalue weighted by Crippen LogP contribution is -2.55. The zero-order valence-corrected chi connectivity index (χ0v) is 6.11. The molecule has 0 amide bonds. The molecule has 58 valence electrons. The van der Waals surface area contributed by atoms with Crippen LogP contribution in [-0.4, -0.2) is 31.1 Å². The molecule has 4 N–H and O–H groups in total. The minimum absolute atomic E-state index is 0.0969. The second-order valence-electron chi connectivity index (χ2n) is 2.67. The standard InChI is InChI=1S/C6H13N3O/c1-6(5(7)8)4-9-2-3-10-6/h9H,2-4H2,1H3,(H3,7,8). The SMILES string of the molecule is CC1(C(=N)N)CNCCO1. The predicted molar refractivity (Wildman–Crippen MR) is 39.1 cm³/mol. The van der Waals surface area contributed by atoms with Gasteiger partial charge in [-0.05, 0) is 6.92 Å². The molecule has 1 aliphatic heterocycles. The highest BCUT2D eigenvalue weighted by Crippen LogP contribution is 2.10. The fourth-order valence-corrected chi connectivity index (χ4v) is 0.899. The van der Waals surface area contributed by atoms with Gasteiger partial charge in [0.05, 0.1) is 6.61 Å². The van der Waals surface area contributed by atoms with Crippen LogP contribution in [0.25, 0.3) is 0 Å². The number of ether oxygens (including phenoxy) is 1. The van der Waals surface area contributed by atoms with E-state index in [9.17, 15) is 0 Å². The van der Waals surface area contributed by atoms with E-state index in [4.69, 9.17) is 15.9 Å². The van der Waals surface area contributed by atoms with E-state index >= 15 is 0 Å². The number of amidine groups is 1. The average Bonchev–Trinajstić information content (AvgIpc) is 1.89. The first-order valence-corrected chi connectivity index (χ1v) is 3.34. The molecule has 1 atom stereocenters. The molecule has 0 aromatic heterocycles. The maximum absolute atomic E-state index is 7.20. The lowest BCUT2D eigenvalue weighted by molar-refractivity contribution is -0.00370. The molecule has 4 nitrogen and oxygen atoms in total. The van der Waals surface area contributed by atoms with E-state index < -0.39 is 5.60 Å². The molecule has 0 bridgehead atoms. The van der Waals surface area contributed by atoms with Crippen LogP contribution in [-0.2, 0) is 4.74 Å². The van der Waals surface area contributed by atoms with Crippen LogP contribution in [0.1, 0.15) is 6.92 Å². The maximum atomic E-state index is 7.20. The van der Waals surface area contributed by atoms with Crippen LogP contribution in [0.5, 0.6) is 0 Å². The minimum Gasteiger partial charge on any atom is -0.385 e. The molecule has 0 spiro atoms. The largest absolute Gasteiger partial charge is 0.385 e. The molecule has 1 aliphatic rings. The van der Waals surface area contributed by atoms with Gasteiger partial charge in [0.1, 0.15) is 11.4 Å². The molecule has 1 saturated heterocycles. The number of morpholine rings is 1. The molecule has 1 rings (SSSR count). The van der Waals surface area contributed by atoms with E-state index in [-0.39, 0.29) is 5.84 Å². The van der Waals surface area contributed by atoms with Crippen LogP contribution in [0, 0.1) is 5.41 Å². The van der Waals surface area contributed by atoms with Crippen molar-refractivity contribution in [3.63, 3.8) is 0 Å². The third kappa shape index (κ3) is 1.27. The van der Waals surface area contributed by atoms with E-state index in [0.717, 1.165) is 6.54 Å². The highest BCUT2D eigenvalue weighted by molar-refractivity contribution is 5.86. The van der Waals surface area contributed by atoms with E-state index in [1.807, 2.05) is 6.92 Å². The van der Waals surface area contributed by atoms with Gasteiger partial charge in [0, 0.05) is 13.1 Å². The summed E-state index contributed by atoms with van der Waals surface area (Å²) in [5, 5.41) is 10.3. The second-order valence-corrected chi connectivity index (χ2v) is 2.67. The van der Waals surface area contributed by atoms with E-state index in [1.54, 1.807) is 0 Å². The van der Waals surface area contributed by atoms with E-state index in [0.29, 0.717) is 13.2 Å². The van der Waals surface area contributed by atoms with Gasteiger partial charge in [-0.2, -0.15) is 0 Å². The Labute approximate surface area is 60.2 Å². The van der Waals surface area contributed by atoms with Crippen LogP contribution in [0.4, 0.5) is 0 Å². The monoisotopic (exact) mass is 143 g/mol. The quantitative estimate of drug-likeness (QED) is 0.336. The Kier molecular flexibility index (Phi) is 1.92. The first-order valence-electron chi connectivity index (χ1n) is 3.34. The third-order valence-electron chi connectivity index (χ3n) is 1.73. The molecular weight excluding hydrogens is 130 g/mol. The summed E-state index contributed by atoms with van der Waals surface area (Å²) in [6.45, 7) is 3.95. The van der Waals surface area contributed by atoms with Gasteiger partial charge in [-0.3, -0.25) is 5.41 Å². The Bertz CT molecular complexity index is 140. The lowest BCUT2D eigenvalue weighted by Gasteiger charge is -2.32. The Balaban J connectivity index is 2.56. The van der Waals surface area contributed by atoms with Crippen LogP contribution in [0.15, 0.2) is 0 Å². The first-order chi connectivity index (χ1) is 4.65. The zero-order valence-electron chi connectivity index (χ0n) is 6.11. The fourth-order valence-electron chi connectivity index (χ4n) is 0.899. The molecular formula is C6H13N3O. The van der Waals surface area contributed by atoms with Crippen LogP contribution < -0.4 is 11.1 Å². The van der Waals surface area contributed by atoms with Gasteiger partial charge in [-0.1, -0.05) is 0 Å². The number of nitrogens with one attached hydrogen (secondary N) is 2. The van der Waals surface area contributed by atoms with Crippen molar-refractivity contribution in [1.29, 1.82) is 5.41 Å². The summed E-state index contributed by atoms with van der Waals surface area (Å²) in [5.74, 6) is 0.0969. The molecule has 0 aromatic carbocycles. The summed E-state index contributed by atoms with van der Waals surface area (Å²) >= 11 is 0. The Morgan fingerprint density at radius 1 is 1.80 bits per heavy atom. The molecule has 4 heteroatoms. The molecule has 1 unspecified atom stereocenters. The highest BCUT2D eigenvalue weighted by atomic mass is 16.5. The number of rotatable bonds is 1. The van der Waals surface area contributed by atoms with Gasteiger partial charge in [0.15, 0.2) is 0 Å². The second kappa shape index (κ2) is 2.56. The molecule has 1 fully saturated rings. The zero-order chi connectivity index (χ0) is 7.61. The van der Waals surface area contributed by atoms with Gasteiger partial charge in [0.25, 0.3) is 0 Å². The summed E-state index contributed by atoms with van der Waals surface area (Å²) in [7, 11) is 0. The van der Waals surface area contributed by atoms with E-state index in [2.05, 4.69) is 5.32 Å². The third-order valence-corrected chi connectivity index (χ3v) is 1.73. The van der Waals surface area contributed by atoms with Crippen molar-refractivity contribution < 1.29 is 4.74 Å². The fraction of sp³-hybridized carbons (Fsp3) is 0.833. The summed E-state index contributed by atoms with van der Waals surface area (Å²) in [4.78, 5) is 0. The summed E-state index contributed by atoms with van der Waals surface area (Å²) in [6, 6.07) is 0. The smallest absolute Gasteiger partial charge is 0.134 e. The summed E-state index contributed by atoms with van der Waals surface area (Å²) in [6.07, 6.45) is 0. The molecule has 0 aromatic rings. The van der Waals surface area contributed by atoms with Gasteiger partial charge in [-0.15, -0.1) is 0 Å². The van der Waals surface area contributed by atoms with Gasteiger partial charge < -0.3 is 15.8 Å². The lowest BCUT2D eigenvalue weighted by atomic mass is 10.0. The molecule has 10 heavy (non-hydrogen) atoms. The van der Waals surface area contributed by atoms with Crippen molar-refractivity contribution in [3.05, 3.63) is 0 Å². The van der Waals surface area contributed by atoms with Crippen molar-refractivity contribution in [2.45, 2.75) is 12.5 Å². The van der Waals surface area contributed by atoms with Crippen molar-refractivity contribution in [1.82, 2.24) is 5.32 Å². The average molecular weight is 143 g/mol. The molecule has 0 radical (unpaired) electrons. The Hall–Kier alpha value is -0.610. The highest BCUT2D eigenvalue weighted by Gasteiger charge is 2.30. The molecule has 0 aliphatic carbocycles. The van der Waals surface area contributed by atoms with Gasteiger partial charge in [-0.25, -0.2) is 0 Å². The van der Waals surface area contributed by atoms with Crippen molar-refractivity contribution in [2.75, 3.05) is 19.7 Å². The van der Waals surface area contributed by atoms with Crippen LogP contribution in [0.2, 0.25) is 0 Å². The van der Waals surface area contributed by atoms with Crippen LogP contribution in [0.3, 0.4) is 0 Å². The topological polar surface area (TPSA) is 71.1 Å². The van der Waals surface area contributed by atoms with Gasteiger partial charge in [0.2, 0.25) is 0 Å².